The lowest BCUT2D eigenvalue weighted by Gasteiger charge is -2.24. The molecule has 1 aliphatic heterocycles. The van der Waals surface area contributed by atoms with Gasteiger partial charge >= 0.3 is 6.18 Å². The van der Waals surface area contributed by atoms with E-state index < -0.39 is 18.3 Å². The summed E-state index contributed by atoms with van der Waals surface area (Å²) >= 11 is 0. The summed E-state index contributed by atoms with van der Waals surface area (Å²) in [7, 11) is 0. The molecule has 0 amide bonds. The molecule has 0 radical (unpaired) electrons. The molecule has 1 aromatic carbocycles. The molecule has 0 unspecified atom stereocenters. The lowest BCUT2D eigenvalue weighted by atomic mass is 10.0. The van der Waals surface area contributed by atoms with E-state index in [1.165, 1.54) is 18.2 Å². The number of rotatable bonds is 1. The van der Waals surface area contributed by atoms with E-state index in [4.69, 9.17) is 0 Å². The summed E-state index contributed by atoms with van der Waals surface area (Å²) in [4.78, 5) is 0. The maximum atomic E-state index is 12.5. The van der Waals surface area contributed by atoms with Gasteiger partial charge in [-0.15, -0.1) is 0 Å². The number of alkyl halides is 3. The fraction of sp³-hybridized carbons (Fsp3) is 0.300. The van der Waals surface area contributed by atoms with E-state index in [1.54, 1.807) is 11.5 Å². The van der Waals surface area contributed by atoms with Crippen LogP contribution in [0.2, 0.25) is 0 Å². The van der Waals surface area contributed by atoms with Crippen LogP contribution >= 0.6 is 0 Å². The van der Waals surface area contributed by atoms with Gasteiger partial charge in [0.1, 0.15) is 5.75 Å². The molecular formula is C10H9F3N2O2. The van der Waals surface area contributed by atoms with Crippen molar-refractivity contribution in [1.29, 1.82) is 0 Å². The molecule has 0 spiro atoms. The van der Waals surface area contributed by atoms with Gasteiger partial charge in [0.25, 0.3) is 5.72 Å². The minimum Gasteiger partial charge on any atom is -0.507 e. The van der Waals surface area contributed by atoms with Crippen molar-refractivity contribution in [1.82, 2.24) is 5.43 Å². The third kappa shape index (κ3) is 1.93. The number of hydrazone groups is 1. The number of phenols is 1. The van der Waals surface area contributed by atoms with E-state index in [-0.39, 0.29) is 17.0 Å². The molecule has 0 bridgehead atoms. The third-order valence-electron chi connectivity index (χ3n) is 2.48. The van der Waals surface area contributed by atoms with E-state index in [0.29, 0.717) is 0 Å². The van der Waals surface area contributed by atoms with Crippen molar-refractivity contribution in [2.45, 2.75) is 18.3 Å². The lowest BCUT2D eigenvalue weighted by Crippen LogP contribution is -2.52. The molecule has 4 nitrogen and oxygen atoms in total. The summed E-state index contributed by atoms with van der Waals surface area (Å²) in [5, 5.41) is 22.2. The molecule has 0 aromatic heterocycles. The zero-order valence-electron chi connectivity index (χ0n) is 8.49. The molecule has 1 aromatic rings. The summed E-state index contributed by atoms with van der Waals surface area (Å²) in [6, 6.07) is 5.86. The van der Waals surface area contributed by atoms with Gasteiger partial charge in [0.2, 0.25) is 0 Å². The van der Waals surface area contributed by atoms with E-state index in [1.807, 2.05) is 0 Å². The number of nitrogens with one attached hydrogen (secondary N) is 1. The number of aromatic hydroxyl groups is 1. The topological polar surface area (TPSA) is 64.9 Å². The minimum absolute atomic E-state index is 0.0390. The van der Waals surface area contributed by atoms with E-state index in [0.717, 1.165) is 0 Å². The van der Waals surface area contributed by atoms with E-state index >= 15 is 0 Å². The Morgan fingerprint density at radius 3 is 2.47 bits per heavy atom. The molecule has 92 valence electrons. The highest BCUT2D eigenvalue weighted by Crippen LogP contribution is 2.35. The van der Waals surface area contributed by atoms with Crippen molar-refractivity contribution in [3.63, 3.8) is 0 Å². The highest BCUT2D eigenvalue weighted by Gasteiger charge is 2.57. The highest BCUT2D eigenvalue weighted by atomic mass is 19.4. The van der Waals surface area contributed by atoms with E-state index in [2.05, 4.69) is 5.10 Å². The van der Waals surface area contributed by atoms with Gasteiger partial charge in [0.15, 0.2) is 0 Å². The Balaban J connectivity index is 2.27. The van der Waals surface area contributed by atoms with Crippen LogP contribution in [0, 0.1) is 0 Å². The fourth-order valence-electron chi connectivity index (χ4n) is 1.52. The Morgan fingerprint density at radius 2 is 1.94 bits per heavy atom. The smallest absolute Gasteiger partial charge is 0.438 e. The second kappa shape index (κ2) is 3.63. The molecule has 2 rings (SSSR count). The van der Waals surface area contributed by atoms with Gasteiger partial charge in [-0.2, -0.15) is 18.3 Å². The van der Waals surface area contributed by atoms with Crippen LogP contribution in [0.5, 0.6) is 5.75 Å². The molecule has 0 saturated carbocycles. The van der Waals surface area contributed by atoms with Crippen LogP contribution < -0.4 is 5.43 Å². The second-order valence-electron chi connectivity index (χ2n) is 3.72. The van der Waals surface area contributed by atoms with Gasteiger partial charge < -0.3 is 10.2 Å². The quantitative estimate of drug-likeness (QED) is 0.700. The first-order valence-corrected chi connectivity index (χ1v) is 4.75. The first-order chi connectivity index (χ1) is 7.83. The molecule has 17 heavy (non-hydrogen) atoms. The van der Waals surface area contributed by atoms with Crippen LogP contribution in [-0.2, 0) is 0 Å². The maximum Gasteiger partial charge on any atom is 0.438 e. The first-order valence-electron chi connectivity index (χ1n) is 4.75. The Bertz CT molecular complexity index is 473. The number of para-hydroxylation sites is 1. The summed E-state index contributed by atoms with van der Waals surface area (Å²) in [5.74, 6) is -0.181. The average molecular weight is 246 g/mol. The Morgan fingerprint density at radius 1 is 1.29 bits per heavy atom. The Hall–Kier alpha value is -1.76. The number of hydrogen-bond donors (Lipinski definition) is 3. The fourth-order valence-corrected chi connectivity index (χ4v) is 1.52. The predicted octanol–water partition coefficient (Wildman–Crippen LogP) is 1.34. The van der Waals surface area contributed by atoms with Crippen LogP contribution in [-0.4, -0.2) is 27.8 Å². The SMILES string of the molecule is Oc1ccccc1C1=NN[C@@](O)(C(F)(F)F)C1. The summed E-state index contributed by atoms with van der Waals surface area (Å²) in [6.07, 6.45) is -5.57. The Kier molecular flexibility index (Phi) is 2.50. The van der Waals surface area contributed by atoms with Crippen LogP contribution in [0.1, 0.15) is 12.0 Å². The van der Waals surface area contributed by atoms with Crippen molar-refractivity contribution in [2.24, 2.45) is 5.10 Å². The first kappa shape index (κ1) is 11.7. The molecular weight excluding hydrogens is 237 g/mol. The minimum atomic E-state index is -4.83. The zero-order valence-corrected chi connectivity index (χ0v) is 8.49. The van der Waals surface area contributed by atoms with Crippen LogP contribution in [0.15, 0.2) is 29.4 Å². The van der Waals surface area contributed by atoms with Crippen LogP contribution in [0.4, 0.5) is 13.2 Å². The zero-order chi connectivity index (χ0) is 12.7. The highest BCUT2D eigenvalue weighted by molar-refractivity contribution is 6.04. The summed E-state index contributed by atoms with van der Waals surface area (Å²) < 4.78 is 37.5. The number of benzene rings is 1. The average Bonchev–Trinajstić information content (AvgIpc) is 2.62. The molecule has 0 saturated heterocycles. The molecule has 1 atom stereocenters. The van der Waals surface area contributed by atoms with Gasteiger partial charge in [0, 0.05) is 5.56 Å². The van der Waals surface area contributed by atoms with Crippen LogP contribution in [0.25, 0.3) is 0 Å². The van der Waals surface area contributed by atoms with Crippen molar-refractivity contribution in [2.75, 3.05) is 0 Å². The molecule has 0 aliphatic carbocycles. The predicted molar refractivity (Wildman–Crippen MR) is 53.4 cm³/mol. The number of phenolic OH excluding ortho intramolecular Hbond substituents is 1. The number of halogens is 3. The molecule has 3 N–H and O–H groups in total. The summed E-state index contributed by atoms with van der Waals surface area (Å²) in [6.45, 7) is 0. The molecule has 0 fully saturated rings. The molecule has 7 heteroatoms. The van der Waals surface area contributed by atoms with Crippen molar-refractivity contribution >= 4 is 5.71 Å². The van der Waals surface area contributed by atoms with Crippen molar-refractivity contribution in [3.8, 4) is 5.75 Å². The monoisotopic (exact) mass is 246 g/mol. The molecule has 1 aliphatic rings. The van der Waals surface area contributed by atoms with E-state index in [9.17, 15) is 23.4 Å². The van der Waals surface area contributed by atoms with Gasteiger partial charge in [-0.05, 0) is 12.1 Å². The normalized spacial score (nSPS) is 24.4. The third-order valence-corrected chi connectivity index (χ3v) is 2.48. The van der Waals surface area contributed by atoms with Crippen molar-refractivity contribution < 1.29 is 23.4 Å². The van der Waals surface area contributed by atoms with Gasteiger partial charge in [-0.3, -0.25) is 5.43 Å². The van der Waals surface area contributed by atoms with Crippen molar-refractivity contribution in [3.05, 3.63) is 29.8 Å². The summed E-state index contributed by atoms with van der Waals surface area (Å²) in [5.41, 5.74) is -1.28. The maximum absolute atomic E-state index is 12.5. The van der Waals surface area contributed by atoms with Gasteiger partial charge in [-0.1, -0.05) is 12.1 Å². The number of hydrogen-bond acceptors (Lipinski definition) is 4. The number of nitrogens with zero attached hydrogens (tertiary/aromatic N) is 1. The number of aliphatic hydroxyl groups is 1. The van der Waals surface area contributed by atoms with Gasteiger partial charge in [-0.25, -0.2) is 0 Å². The van der Waals surface area contributed by atoms with Gasteiger partial charge in [0.05, 0.1) is 12.1 Å². The standard InChI is InChI=1S/C10H9F3N2O2/c11-10(12,13)9(17)5-7(14-15-9)6-3-1-2-4-8(6)16/h1-4,15-17H,5H2/t9-/m0/s1. The lowest BCUT2D eigenvalue weighted by molar-refractivity contribution is -0.266. The Labute approximate surface area is 94.4 Å². The second-order valence-corrected chi connectivity index (χ2v) is 3.72. The van der Waals surface area contributed by atoms with Crippen LogP contribution in [0.3, 0.4) is 0 Å². The largest absolute Gasteiger partial charge is 0.507 e. The molecule has 1 heterocycles.